The van der Waals surface area contributed by atoms with Crippen LogP contribution in [0.2, 0.25) is 15.1 Å². The highest BCUT2D eigenvalue weighted by Crippen LogP contribution is 2.40. The predicted molar refractivity (Wildman–Crippen MR) is 80.6 cm³/mol. The number of nitrogens with zero attached hydrogens (tertiary/aromatic N) is 2. The molecule has 0 aliphatic rings. The summed E-state index contributed by atoms with van der Waals surface area (Å²) in [5.74, 6) is 0.365. The van der Waals surface area contributed by atoms with Gasteiger partial charge in [0.1, 0.15) is 0 Å². The predicted octanol–water partition coefficient (Wildman–Crippen LogP) is 4.78. The van der Waals surface area contributed by atoms with Gasteiger partial charge >= 0.3 is 0 Å². The maximum Gasteiger partial charge on any atom is 0.221 e. The molecule has 1 aromatic carbocycles. The van der Waals surface area contributed by atoms with E-state index in [1.807, 2.05) is 6.07 Å². The van der Waals surface area contributed by atoms with E-state index in [2.05, 4.69) is 4.98 Å². The van der Waals surface area contributed by atoms with E-state index >= 15 is 0 Å². The Bertz CT molecular complexity index is 672. The van der Waals surface area contributed by atoms with Gasteiger partial charge in [-0.25, -0.2) is 4.98 Å². The van der Waals surface area contributed by atoms with Crippen LogP contribution in [0.3, 0.4) is 0 Å². The third-order valence-corrected chi connectivity index (χ3v) is 3.46. The van der Waals surface area contributed by atoms with E-state index in [4.69, 9.17) is 44.8 Å². The second-order valence-corrected chi connectivity index (χ2v) is 5.19. The summed E-state index contributed by atoms with van der Waals surface area (Å²) in [5.41, 5.74) is 1.88. The highest BCUT2D eigenvalue weighted by atomic mass is 35.5. The molecule has 2 aromatic rings. The van der Waals surface area contributed by atoms with Crippen molar-refractivity contribution in [1.29, 1.82) is 5.26 Å². The third kappa shape index (κ3) is 2.99. The lowest BCUT2D eigenvalue weighted by Gasteiger charge is -2.12. The Kier molecular flexibility index (Phi) is 4.72. The molecule has 6 heteroatoms. The van der Waals surface area contributed by atoms with Gasteiger partial charge in [-0.3, -0.25) is 0 Å². The van der Waals surface area contributed by atoms with E-state index in [0.717, 1.165) is 0 Å². The quantitative estimate of drug-likeness (QED) is 0.814. The lowest BCUT2D eigenvalue weighted by atomic mass is 10.1. The number of aromatic nitrogens is 1. The molecule has 0 saturated heterocycles. The average molecular weight is 328 g/mol. The molecule has 0 bridgehead atoms. The van der Waals surface area contributed by atoms with Crippen LogP contribution in [0.1, 0.15) is 5.69 Å². The Balaban J connectivity index is 2.61. The van der Waals surface area contributed by atoms with Crippen molar-refractivity contribution in [2.45, 2.75) is 6.42 Å². The van der Waals surface area contributed by atoms with Crippen LogP contribution in [0.4, 0.5) is 0 Å². The number of ether oxygens (including phenoxy) is 1. The Morgan fingerprint density at radius 1 is 1.20 bits per heavy atom. The highest BCUT2D eigenvalue weighted by Gasteiger charge is 2.16. The van der Waals surface area contributed by atoms with E-state index in [1.54, 1.807) is 24.3 Å². The lowest BCUT2D eigenvalue weighted by Crippen LogP contribution is -1.96. The first-order valence-electron chi connectivity index (χ1n) is 5.62. The Hall–Kier alpha value is -1.47. The summed E-state index contributed by atoms with van der Waals surface area (Å²) in [6.07, 6.45) is 0.207. The molecule has 0 saturated carbocycles. The van der Waals surface area contributed by atoms with Gasteiger partial charge in [0.25, 0.3) is 0 Å². The molecule has 0 radical (unpaired) electrons. The second-order valence-electron chi connectivity index (χ2n) is 3.94. The van der Waals surface area contributed by atoms with Gasteiger partial charge in [-0.05, 0) is 24.3 Å². The molecule has 0 unspecified atom stereocenters. The van der Waals surface area contributed by atoms with Crippen molar-refractivity contribution in [3.8, 4) is 23.1 Å². The van der Waals surface area contributed by atoms with E-state index in [-0.39, 0.29) is 6.42 Å². The molecule has 0 N–H and O–H groups in total. The number of halogens is 3. The van der Waals surface area contributed by atoms with Crippen LogP contribution in [0.25, 0.3) is 11.1 Å². The molecule has 0 aliphatic heterocycles. The minimum absolute atomic E-state index is 0.207. The fourth-order valence-electron chi connectivity index (χ4n) is 1.80. The molecule has 2 rings (SSSR count). The summed E-state index contributed by atoms with van der Waals surface area (Å²) in [7, 11) is 1.50. The average Bonchev–Trinajstić information content (AvgIpc) is 2.39. The molecule has 0 aliphatic carbocycles. The normalized spacial score (nSPS) is 10.2. The van der Waals surface area contributed by atoms with E-state index in [9.17, 15) is 0 Å². The molecule has 0 atom stereocenters. The molecular weight excluding hydrogens is 319 g/mol. The van der Waals surface area contributed by atoms with Crippen LogP contribution < -0.4 is 4.74 Å². The maximum absolute atomic E-state index is 8.70. The zero-order valence-electron chi connectivity index (χ0n) is 10.5. The first-order valence-corrected chi connectivity index (χ1v) is 6.76. The van der Waals surface area contributed by atoms with Gasteiger partial charge in [0, 0.05) is 16.1 Å². The third-order valence-electron chi connectivity index (χ3n) is 2.65. The van der Waals surface area contributed by atoms with Crippen molar-refractivity contribution < 1.29 is 4.74 Å². The summed E-state index contributed by atoms with van der Waals surface area (Å²) in [6.45, 7) is 0. The largest absolute Gasteiger partial charge is 0.481 e. The van der Waals surface area contributed by atoms with Crippen molar-refractivity contribution >= 4 is 34.8 Å². The SMILES string of the molecule is COc1nc(CC#N)ccc1-c1c(Cl)cc(Cl)cc1Cl. The van der Waals surface area contributed by atoms with Crippen LogP contribution in [0.15, 0.2) is 24.3 Å². The van der Waals surface area contributed by atoms with Gasteiger partial charge < -0.3 is 4.74 Å². The molecule has 1 heterocycles. The number of benzene rings is 1. The van der Waals surface area contributed by atoms with Crippen molar-refractivity contribution in [1.82, 2.24) is 4.98 Å². The number of nitriles is 1. The number of methoxy groups -OCH3 is 1. The van der Waals surface area contributed by atoms with E-state index in [1.165, 1.54) is 7.11 Å². The number of pyridine rings is 1. The molecule has 1 aromatic heterocycles. The molecule has 3 nitrogen and oxygen atoms in total. The van der Waals surface area contributed by atoms with Gasteiger partial charge in [0.2, 0.25) is 5.88 Å². The standard InChI is InChI=1S/C14H9Cl3N2O/c1-20-14-10(3-2-9(19-14)4-5-18)13-11(16)6-8(15)7-12(13)17/h2-3,6-7H,4H2,1H3. The van der Waals surface area contributed by atoms with Crippen molar-refractivity contribution in [3.05, 3.63) is 45.0 Å². The summed E-state index contributed by atoms with van der Waals surface area (Å²) in [4.78, 5) is 4.27. The van der Waals surface area contributed by atoms with Crippen LogP contribution in [0.5, 0.6) is 5.88 Å². The Morgan fingerprint density at radius 3 is 2.40 bits per heavy atom. The topological polar surface area (TPSA) is 45.9 Å². The smallest absolute Gasteiger partial charge is 0.221 e. The molecule has 0 spiro atoms. The van der Waals surface area contributed by atoms with Gasteiger partial charge in [0.05, 0.1) is 35.3 Å². The van der Waals surface area contributed by atoms with Gasteiger partial charge in [-0.15, -0.1) is 0 Å². The number of hydrogen-bond donors (Lipinski definition) is 0. The van der Waals surface area contributed by atoms with E-state index in [0.29, 0.717) is 37.8 Å². The number of rotatable bonds is 3. The van der Waals surface area contributed by atoms with Crippen LogP contribution in [-0.2, 0) is 6.42 Å². The molecule has 102 valence electrons. The lowest BCUT2D eigenvalue weighted by molar-refractivity contribution is 0.398. The first-order chi connectivity index (χ1) is 9.56. The number of hydrogen-bond acceptors (Lipinski definition) is 3. The minimum Gasteiger partial charge on any atom is -0.481 e. The van der Waals surface area contributed by atoms with Gasteiger partial charge in [-0.1, -0.05) is 34.8 Å². The van der Waals surface area contributed by atoms with Crippen molar-refractivity contribution in [2.24, 2.45) is 0 Å². The van der Waals surface area contributed by atoms with Crippen molar-refractivity contribution in [3.63, 3.8) is 0 Å². The molecule has 0 fully saturated rings. The first kappa shape index (κ1) is 14.9. The van der Waals surface area contributed by atoms with Gasteiger partial charge in [-0.2, -0.15) is 5.26 Å². The summed E-state index contributed by atoms with van der Waals surface area (Å²) in [5, 5.41) is 9.98. The zero-order chi connectivity index (χ0) is 14.7. The van der Waals surface area contributed by atoms with Crippen LogP contribution in [-0.4, -0.2) is 12.1 Å². The minimum atomic E-state index is 0.207. The van der Waals surface area contributed by atoms with Gasteiger partial charge in [0.15, 0.2) is 0 Å². The summed E-state index contributed by atoms with van der Waals surface area (Å²) < 4.78 is 5.26. The molecule has 20 heavy (non-hydrogen) atoms. The second kappa shape index (κ2) is 6.32. The molecule has 0 amide bonds. The molecular formula is C14H9Cl3N2O. The summed E-state index contributed by atoms with van der Waals surface area (Å²) in [6, 6.07) is 8.76. The Morgan fingerprint density at radius 2 is 1.85 bits per heavy atom. The summed E-state index contributed by atoms with van der Waals surface area (Å²) >= 11 is 18.3. The monoisotopic (exact) mass is 326 g/mol. The fraction of sp³-hybridized carbons (Fsp3) is 0.143. The van der Waals surface area contributed by atoms with Crippen LogP contribution in [0, 0.1) is 11.3 Å². The highest BCUT2D eigenvalue weighted by molar-refractivity contribution is 6.41. The van der Waals surface area contributed by atoms with Crippen molar-refractivity contribution in [2.75, 3.05) is 7.11 Å². The Labute approximate surface area is 131 Å². The maximum atomic E-state index is 8.70. The van der Waals surface area contributed by atoms with E-state index < -0.39 is 0 Å². The van der Waals surface area contributed by atoms with Crippen LogP contribution >= 0.6 is 34.8 Å². The fourth-order valence-corrected chi connectivity index (χ4v) is 2.82. The zero-order valence-corrected chi connectivity index (χ0v) is 12.7.